The number of piperidine rings is 1. The second kappa shape index (κ2) is 4.06. The molecule has 0 aromatic heterocycles. The topological polar surface area (TPSA) is 23.6 Å². The highest BCUT2D eigenvalue weighted by atomic mass is 16.1. The van der Waals surface area contributed by atoms with Crippen LogP contribution in [0.15, 0.2) is 0 Å². The summed E-state index contributed by atoms with van der Waals surface area (Å²) in [6.45, 7) is 7.72. The molecule has 3 heteroatoms. The molecular formula is C14H24N2O. The maximum Gasteiger partial charge on any atom is 0.154 e. The van der Waals surface area contributed by atoms with Gasteiger partial charge in [-0.15, -0.1) is 0 Å². The number of Topliss-reactive ketones (excluding diaryl/α,β-unsaturated/α-hetero) is 1. The molecule has 0 amide bonds. The molecular weight excluding hydrogens is 212 g/mol. The fourth-order valence-corrected chi connectivity index (χ4v) is 3.85. The summed E-state index contributed by atoms with van der Waals surface area (Å²) in [5, 5.41) is 0. The van der Waals surface area contributed by atoms with Crippen molar-refractivity contribution < 1.29 is 4.79 Å². The number of rotatable bonds is 2. The predicted molar refractivity (Wildman–Crippen MR) is 68.0 cm³/mol. The monoisotopic (exact) mass is 236 g/mol. The first kappa shape index (κ1) is 11.7. The maximum absolute atomic E-state index is 12.3. The zero-order valence-electron chi connectivity index (χ0n) is 11.1. The van der Waals surface area contributed by atoms with Crippen molar-refractivity contribution in [3.8, 4) is 0 Å². The Kier molecular flexibility index (Phi) is 2.79. The van der Waals surface area contributed by atoms with Crippen LogP contribution in [0.3, 0.4) is 0 Å². The molecule has 0 aromatic rings. The maximum atomic E-state index is 12.3. The van der Waals surface area contributed by atoms with Crippen LogP contribution in [0, 0.1) is 0 Å². The van der Waals surface area contributed by atoms with E-state index in [1.807, 2.05) is 0 Å². The molecule has 3 rings (SSSR count). The van der Waals surface area contributed by atoms with E-state index in [2.05, 4.69) is 23.6 Å². The van der Waals surface area contributed by atoms with E-state index in [1.54, 1.807) is 0 Å². The van der Waals surface area contributed by atoms with E-state index in [0.29, 0.717) is 11.8 Å². The Hall–Kier alpha value is -0.410. The molecule has 1 aliphatic carbocycles. The summed E-state index contributed by atoms with van der Waals surface area (Å²) in [4.78, 5) is 17.4. The van der Waals surface area contributed by atoms with Crippen molar-refractivity contribution in [1.82, 2.24) is 9.80 Å². The molecule has 0 N–H and O–H groups in total. The van der Waals surface area contributed by atoms with Gasteiger partial charge >= 0.3 is 0 Å². The Bertz CT molecular complexity index is 314. The quantitative estimate of drug-likeness (QED) is 0.728. The third-order valence-electron chi connectivity index (χ3n) is 4.96. The third kappa shape index (κ3) is 1.84. The highest BCUT2D eigenvalue weighted by Crippen LogP contribution is 2.40. The van der Waals surface area contributed by atoms with Gasteiger partial charge in [0, 0.05) is 38.1 Å². The Balaban J connectivity index is 1.73. The second-order valence-corrected chi connectivity index (χ2v) is 6.26. The van der Waals surface area contributed by atoms with Crippen molar-refractivity contribution in [2.24, 2.45) is 0 Å². The molecule has 0 radical (unpaired) electrons. The summed E-state index contributed by atoms with van der Waals surface area (Å²) in [5.41, 5.74) is -0.0838. The van der Waals surface area contributed by atoms with Gasteiger partial charge in [-0.05, 0) is 39.5 Å². The summed E-state index contributed by atoms with van der Waals surface area (Å²) < 4.78 is 0. The van der Waals surface area contributed by atoms with Crippen LogP contribution in [-0.4, -0.2) is 52.8 Å². The van der Waals surface area contributed by atoms with Crippen LogP contribution in [-0.2, 0) is 4.79 Å². The highest BCUT2D eigenvalue weighted by molar-refractivity contribution is 5.90. The van der Waals surface area contributed by atoms with E-state index in [0.717, 1.165) is 44.9 Å². The van der Waals surface area contributed by atoms with Gasteiger partial charge < -0.3 is 4.90 Å². The minimum absolute atomic E-state index is 0.0838. The van der Waals surface area contributed by atoms with Crippen molar-refractivity contribution in [2.45, 2.75) is 63.6 Å². The second-order valence-electron chi connectivity index (χ2n) is 6.26. The fraction of sp³-hybridized carbons (Fsp3) is 0.929. The number of likely N-dealkylation sites (tertiary alicyclic amines) is 2. The van der Waals surface area contributed by atoms with Gasteiger partial charge in [0.25, 0.3) is 0 Å². The van der Waals surface area contributed by atoms with Gasteiger partial charge in [0.2, 0.25) is 0 Å². The van der Waals surface area contributed by atoms with E-state index >= 15 is 0 Å². The van der Waals surface area contributed by atoms with Crippen molar-refractivity contribution in [3.63, 3.8) is 0 Å². The molecule has 2 heterocycles. The Morgan fingerprint density at radius 1 is 1.18 bits per heavy atom. The summed E-state index contributed by atoms with van der Waals surface area (Å²) >= 11 is 0. The standard InChI is InChI=1S/C14H24N2O/c1-11(2)16-8-5-13(17)14(16)6-9-15(10-7-14)12-3-4-12/h11-12H,3-10H2,1-2H3. The van der Waals surface area contributed by atoms with Crippen LogP contribution in [0.2, 0.25) is 0 Å². The molecule has 2 aliphatic heterocycles. The third-order valence-corrected chi connectivity index (χ3v) is 4.96. The van der Waals surface area contributed by atoms with Crippen LogP contribution >= 0.6 is 0 Å². The van der Waals surface area contributed by atoms with Crippen LogP contribution in [0.25, 0.3) is 0 Å². The summed E-state index contributed by atoms with van der Waals surface area (Å²) in [5.74, 6) is 0.515. The van der Waals surface area contributed by atoms with Crippen molar-refractivity contribution in [1.29, 1.82) is 0 Å². The molecule has 0 aromatic carbocycles. The molecule has 96 valence electrons. The van der Waals surface area contributed by atoms with Gasteiger partial charge in [0.15, 0.2) is 5.78 Å². The van der Waals surface area contributed by atoms with E-state index < -0.39 is 0 Å². The van der Waals surface area contributed by atoms with Crippen molar-refractivity contribution in [3.05, 3.63) is 0 Å². The number of carbonyl (C=O) groups is 1. The number of ketones is 1. The lowest BCUT2D eigenvalue weighted by atomic mass is 9.83. The van der Waals surface area contributed by atoms with E-state index in [9.17, 15) is 4.79 Å². The Morgan fingerprint density at radius 2 is 1.82 bits per heavy atom. The number of hydrogen-bond acceptors (Lipinski definition) is 3. The molecule has 1 spiro atoms. The van der Waals surface area contributed by atoms with Gasteiger partial charge in [-0.2, -0.15) is 0 Å². The predicted octanol–water partition coefficient (Wildman–Crippen LogP) is 1.67. The normalized spacial score (nSPS) is 30.6. The van der Waals surface area contributed by atoms with Gasteiger partial charge in [0.1, 0.15) is 0 Å². The van der Waals surface area contributed by atoms with Gasteiger partial charge in [-0.3, -0.25) is 9.69 Å². The first-order chi connectivity index (χ1) is 8.13. The molecule has 1 saturated carbocycles. The van der Waals surface area contributed by atoms with Gasteiger partial charge in [0.05, 0.1) is 5.54 Å². The zero-order valence-corrected chi connectivity index (χ0v) is 11.1. The van der Waals surface area contributed by atoms with Crippen molar-refractivity contribution >= 4 is 5.78 Å². The molecule has 2 saturated heterocycles. The lowest BCUT2D eigenvalue weighted by molar-refractivity contribution is -0.128. The summed E-state index contributed by atoms with van der Waals surface area (Å²) in [6.07, 6.45) is 5.69. The SMILES string of the molecule is CC(C)N1CCC(=O)C12CCN(C1CC1)CC2. The minimum Gasteiger partial charge on any atom is -0.300 e. The van der Waals surface area contributed by atoms with Crippen LogP contribution in [0.1, 0.15) is 46.0 Å². The first-order valence-electron chi connectivity index (χ1n) is 7.17. The van der Waals surface area contributed by atoms with E-state index in [4.69, 9.17) is 0 Å². The van der Waals surface area contributed by atoms with E-state index in [-0.39, 0.29) is 5.54 Å². The molecule has 0 bridgehead atoms. The van der Waals surface area contributed by atoms with E-state index in [1.165, 1.54) is 12.8 Å². The number of hydrogen-bond donors (Lipinski definition) is 0. The van der Waals surface area contributed by atoms with Crippen LogP contribution in [0.4, 0.5) is 0 Å². The Morgan fingerprint density at radius 3 is 2.35 bits per heavy atom. The highest BCUT2D eigenvalue weighted by Gasteiger charge is 2.51. The zero-order chi connectivity index (χ0) is 12.0. The molecule has 17 heavy (non-hydrogen) atoms. The summed E-state index contributed by atoms with van der Waals surface area (Å²) in [7, 11) is 0. The molecule has 0 unspecified atom stereocenters. The lowest BCUT2D eigenvalue weighted by Gasteiger charge is -2.45. The largest absolute Gasteiger partial charge is 0.300 e. The Labute approximate surface area is 104 Å². The summed E-state index contributed by atoms with van der Waals surface area (Å²) in [6, 6.07) is 1.37. The number of nitrogens with zero attached hydrogens (tertiary/aromatic N) is 2. The molecule has 0 atom stereocenters. The fourth-order valence-electron chi connectivity index (χ4n) is 3.85. The molecule has 3 aliphatic rings. The van der Waals surface area contributed by atoms with Gasteiger partial charge in [-0.25, -0.2) is 0 Å². The first-order valence-corrected chi connectivity index (χ1v) is 7.17. The van der Waals surface area contributed by atoms with Crippen LogP contribution in [0.5, 0.6) is 0 Å². The molecule has 3 nitrogen and oxygen atoms in total. The van der Waals surface area contributed by atoms with Crippen molar-refractivity contribution in [2.75, 3.05) is 19.6 Å². The van der Waals surface area contributed by atoms with Gasteiger partial charge in [-0.1, -0.05) is 0 Å². The molecule has 3 fully saturated rings. The average molecular weight is 236 g/mol. The lowest BCUT2D eigenvalue weighted by Crippen LogP contribution is -2.57. The minimum atomic E-state index is -0.0838. The average Bonchev–Trinajstić information content (AvgIpc) is 3.09. The number of carbonyl (C=O) groups excluding carboxylic acids is 1. The smallest absolute Gasteiger partial charge is 0.154 e. The van der Waals surface area contributed by atoms with Crippen LogP contribution < -0.4 is 0 Å².